The average molecular weight is 289 g/mol. The molecule has 1 aromatic rings. The molecule has 118 valence electrons. The van der Waals surface area contributed by atoms with Gasteiger partial charge in [-0.15, -0.1) is 0 Å². The molecule has 1 aliphatic carbocycles. The second-order valence-electron chi connectivity index (χ2n) is 7.08. The molecule has 2 heteroatoms. The lowest BCUT2D eigenvalue weighted by Gasteiger charge is -2.29. The van der Waals surface area contributed by atoms with Crippen molar-refractivity contribution in [1.82, 2.24) is 0 Å². The first-order chi connectivity index (χ1) is 10.1. The van der Waals surface area contributed by atoms with Gasteiger partial charge in [0, 0.05) is 0 Å². The minimum Gasteiger partial charge on any atom is -0.376 e. The Bertz CT molecular complexity index is 412. The van der Waals surface area contributed by atoms with E-state index in [4.69, 9.17) is 10.5 Å². The Morgan fingerprint density at radius 1 is 1.14 bits per heavy atom. The molecule has 1 fully saturated rings. The van der Waals surface area contributed by atoms with Crippen molar-refractivity contribution in [2.45, 2.75) is 65.0 Å². The van der Waals surface area contributed by atoms with Crippen LogP contribution in [0.4, 0.5) is 0 Å². The SMILES string of the molecule is CC(C)Cc1ccc(C(N)COC2CCCCC2C)cc1. The van der Waals surface area contributed by atoms with Gasteiger partial charge >= 0.3 is 0 Å². The fourth-order valence-electron chi connectivity index (χ4n) is 3.23. The quantitative estimate of drug-likeness (QED) is 0.838. The molecule has 21 heavy (non-hydrogen) atoms. The van der Waals surface area contributed by atoms with Crippen LogP contribution in [0.2, 0.25) is 0 Å². The van der Waals surface area contributed by atoms with Gasteiger partial charge < -0.3 is 10.5 Å². The first kappa shape index (κ1) is 16.5. The van der Waals surface area contributed by atoms with E-state index < -0.39 is 0 Å². The average Bonchev–Trinajstić information content (AvgIpc) is 2.46. The predicted molar refractivity (Wildman–Crippen MR) is 89.3 cm³/mol. The van der Waals surface area contributed by atoms with Crippen LogP contribution in [0, 0.1) is 11.8 Å². The summed E-state index contributed by atoms with van der Waals surface area (Å²) in [7, 11) is 0. The number of ether oxygens (including phenoxy) is 1. The van der Waals surface area contributed by atoms with Crippen molar-refractivity contribution in [1.29, 1.82) is 0 Å². The smallest absolute Gasteiger partial charge is 0.0663 e. The Morgan fingerprint density at radius 2 is 1.81 bits per heavy atom. The molecule has 0 spiro atoms. The van der Waals surface area contributed by atoms with E-state index in [-0.39, 0.29) is 6.04 Å². The number of hydrogen-bond acceptors (Lipinski definition) is 2. The minimum atomic E-state index is -0.00720. The van der Waals surface area contributed by atoms with E-state index in [1.165, 1.54) is 36.8 Å². The summed E-state index contributed by atoms with van der Waals surface area (Å²) < 4.78 is 6.08. The third-order valence-corrected chi connectivity index (χ3v) is 4.57. The van der Waals surface area contributed by atoms with E-state index in [0.717, 1.165) is 6.42 Å². The van der Waals surface area contributed by atoms with Crippen LogP contribution in [0.15, 0.2) is 24.3 Å². The summed E-state index contributed by atoms with van der Waals surface area (Å²) in [5.74, 6) is 1.38. The number of nitrogens with two attached hydrogens (primary N) is 1. The van der Waals surface area contributed by atoms with Gasteiger partial charge in [-0.25, -0.2) is 0 Å². The van der Waals surface area contributed by atoms with E-state index in [0.29, 0.717) is 24.5 Å². The summed E-state index contributed by atoms with van der Waals surface area (Å²) >= 11 is 0. The first-order valence-electron chi connectivity index (χ1n) is 8.52. The molecule has 3 unspecified atom stereocenters. The monoisotopic (exact) mass is 289 g/mol. The van der Waals surface area contributed by atoms with Crippen molar-refractivity contribution in [3.8, 4) is 0 Å². The highest BCUT2D eigenvalue weighted by Crippen LogP contribution is 2.27. The number of rotatable bonds is 6. The maximum atomic E-state index is 6.28. The molecule has 1 aromatic carbocycles. The second-order valence-corrected chi connectivity index (χ2v) is 7.08. The molecule has 1 saturated carbocycles. The molecular weight excluding hydrogens is 258 g/mol. The number of benzene rings is 1. The highest BCUT2D eigenvalue weighted by molar-refractivity contribution is 5.25. The molecule has 1 aliphatic rings. The summed E-state index contributed by atoms with van der Waals surface area (Å²) in [5.41, 5.74) is 8.86. The minimum absolute atomic E-state index is 0.00720. The Hall–Kier alpha value is -0.860. The molecule has 0 heterocycles. The first-order valence-corrected chi connectivity index (χ1v) is 8.52. The molecule has 0 aromatic heterocycles. The molecule has 0 amide bonds. The zero-order valence-electron chi connectivity index (χ0n) is 13.8. The topological polar surface area (TPSA) is 35.2 Å². The summed E-state index contributed by atoms with van der Waals surface area (Å²) in [5, 5.41) is 0. The standard InChI is InChI=1S/C19H31NO/c1-14(2)12-16-8-10-17(11-9-16)18(20)13-21-19-7-5-4-6-15(19)3/h8-11,14-15,18-19H,4-7,12-13,20H2,1-3H3. The molecule has 0 saturated heterocycles. The summed E-state index contributed by atoms with van der Waals surface area (Å²) in [4.78, 5) is 0. The van der Waals surface area contributed by atoms with Crippen LogP contribution in [-0.2, 0) is 11.2 Å². The molecule has 2 nitrogen and oxygen atoms in total. The largest absolute Gasteiger partial charge is 0.376 e. The fraction of sp³-hybridized carbons (Fsp3) is 0.684. The van der Waals surface area contributed by atoms with Gasteiger partial charge in [0.05, 0.1) is 18.8 Å². The van der Waals surface area contributed by atoms with Crippen molar-refractivity contribution in [2.75, 3.05) is 6.61 Å². The van der Waals surface area contributed by atoms with Crippen LogP contribution in [0.25, 0.3) is 0 Å². The van der Waals surface area contributed by atoms with Gasteiger partial charge in [0.1, 0.15) is 0 Å². The molecule has 2 N–H and O–H groups in total. The Morgan fingerprint density at radius 3 is 2.43 bits per heavy atom. The van der Waals surface area contributed by atoms with Crippen LogP contribution >= 0.6 is 0 Å². The summed E-state index contributed by atoms with van der Waals surface area (Å²) in [6, 6.07) is 8.73. The third kappa shape index (κ3) is 5.12. The van der Waals surface area contributed by atoms with Crippen molar-refractivity contribution < 1.29 is 4.74 Å². The van der Waals surface area contributed by atoms with Gasteiger partial charge in [-0.1, -0.05) is 57.9 Å². The Kier molecular flexibility index (Phi) is 6.25. The van der Waals surface area contributed by atoms with Gasteiger partial charge in [-0.2, -0.15) is 0 Å². The second kappa shape index (κ2) is 7.95. The number of hydrogen-bond donors (Lipinski definition) is 1. The lowest BCUT2D eigenvalue weighted by molar-refractivity contribution is -0.0113. The lowest BCUT2D eigenvalue weighted by Crippen LogP contribution is -2.29. The van der Waals surface area contributed by atoms with Crippen LogP contribution in [0.3, 0.4) is 0 Å². The molecule has 0 aliphatic heterocycles. The summed E-state index contributed by atoms with van der Waals surface area (Å²) in [6.45, 7) is 7.44. The molecule has 3 atom stereocenters. The van der Waals surface area contributed by atoms with Crippen LogP contribution in [-0.4, -0.2) is 12.7 Å². The summed E-state index contributed by atoms with van der Waals surface area (Å²) in [6.07, 6.45) is 6.68. The van der Waals surface area contributed by atoms with Gasteiger partial charge in [-0.3, -0.25) is 0 Å². The fourth-order valence-corrected chi connectivity index (χ4v) is 3.23. The van der Waals surface area contributed by atoms with E-state index in [1.54, 1.807) is 0 Å². The van der Waals surface area contributed by atoms with Gasteiger partial charge in [-0.05, 0) is 42.2 Å². The normalized spacial score (nSPS) is 24.2. The van der Waals surface area contributed by atoms with Crippen molar-refractivity contribution in [3.63, 3.8) is 0 Å². The van der Waals surface area contributed by atoms with Crippen molar-refractivity contribution in [2.24, 2.45) is 17.6 Å². The molecular formula is C19H31NO. The van der Waals surface area contributed by atoms with E-state index in [9.17, 15) is 0 Å². The van der Waals surface area contributed by atoms with Crippen LogP contribution in [0.1, 0.15) is 63.6 Å². The Balaban J connectivity index is 1.83. The highest BCUT2D eigenvalue weighted by atomic mass is 16.5. The van der Waals surface area contributed by atoms with Gasteiger partial charge in [0.15, 0.2) is 0 Å². The molecule has 2 rings (SSSR count). The third-order valence-electron chi connectivity index (χ3n) is 4.57. The zero-order valence-corrected chi connectivity index (χ0v) is 13.8. The van der Waals surface area contributed by atoms with Gasteiger partial charge in [0.25, 0.3) is 0 Å². The van der Waals surface area contributed by atoms with E-state index >= 15 is 0 Å². The molecule has 0 radical (unpaired) electrons. The predicted octanol–water partition coefficient (Wildman–Crippen LogP) is 4.48. The van der Waals surface area contributed by atoms with Crippen molar-refractivity contribution in [3.05, 3.63) is 35.4 Å². The van der Waals surface area contributed by atoms with E-state index in [2.05, 4.69) is 45.0 Å². The highest BCUT2D eigenvalue weighted by Gasteiger charge is 2.22. The zero-order chi connectivity index (χ0) is 15.2. The van der Waals surface area contributed by atoms with Gasteiger partial charge in [0.2, 0.25) is 0 Å². The Labute approximate surface area is 130 Å². The van der Waals surface area contributed by atoms with Crippen molar-refractivity contribution >= 4 is 0 Å². The van der Waals surface area contributed by atoms with E-state index in [1.807, 2.05) is 0 Å². The molecule has 0 bridgehead atoms. The van der Waals surface area contributed by atoms with Crippen LogP contribution in [0.5, 0.6) is 0 Å². The van der Waals surface area contributed by atoms with Crippen LogP contribution < -0.4 is 5.73 Å². The maximum absolute atomic E-state index is 6.28. The lowest BCUT2D eigenvalue weighted by atomic mass is 9.88. The maximum Gasteiger partial charge on any atom is 0.0663 e.